The minimum atomic E-state index is -0.215. The fourth-order valence-corrected chi connectivity index (χ4v) is 3.72. The third-order valence-corrected chi connectivity index (χ3v) is 5.27. The number of likely N-dealkylation sites (N-methyl/N-ethyl adjacent to an activating group) is 1. The summed E-state index contributed by atoms with van der Waals surface area (Å²) in [6, 6.07) is 0. The third kappa shape index (κ3) is 6.79. The van der Waals surface area contributed by atoms with Gasteiger partial charge in [-0.3, -0.25) is 9.59 Å². The second kappa shape index (κ2) is 9.16. The lowest BCUT2D eigenvalue weighted by Crippen LogP contribution is -2.35. The first-order valence-electron chi connectivity index (χ1n) is 5.72. The summed E-state index contributed by atoms with van der Waals surface area (Å²) >= 11 is 4.49. The van der Waals surface area contributed by atoms with Gasteiger partial charge in [-0.25, -0.2) is 0 Å². The highest BCUT2D eigenvalue weighted by Gasteiger charge is 2.09. The van der Waals surface area contributed by atoms with Gasteiger partial charge in [0.1, 0.15) is 0 Å². The normalized spacial score (nSPS) is 10.2. The van der Waals surface area contributed by atoms with Crippen molar-refractivity contribution < 1.29 is 9.59 Å². The molecule has 1 rings (SSSR count). The Balaban J connectivity index is 2.26. The van der Waals surface area contributed by atoms with Gasteiger partial charge >= 0.3 is 0 Å². The minimum Gasteiger partial charge on any atom is -0.358 e. The summed E-state index contributed by atoms with van der Waals surface area (Å²) in [4.78, 5) is 22.4. The number of aromatic nitrogens is 2. The summed E-state index contributed by atoms with van der Waals surface area (Å²) in [6.07, 6.45) is 1.09. The molecule has 0 aromatic carbocycles. The van der Waals surface area contributed by atoms with E-state index >= 15 is 0 Å². The number of nitrogens with one attached hydrogen (secondary N) is 2. The summed E-state index contributed by atoms with van der Waals surface area (Å²) in [6.45, 7) is 2.12. The molecule has 0 unspecified atom stereocenters. The number of rotatable bonds is 8. The van der Waals surface area contributed by atoms with Gasteiger partial charge in [0, 0.05) is 12.8 Å². The average Bonchev–Trinajstić information content (AvgIpc) is 2.88. The Hall–Kier alpha value is -0.800. The van der Waals surface area contributed by atoms with E-state index in [0.717, 1.165) is 20.9 Å². The molecule has 0 saturated carbocycles. The molecule has 1 aromatic heterocycles. The molecule has 6 nitrogen and oxygen atoms in total. The first-order valence-corrected chi connectivity index (χ1v) is 8.50. The van der Waals surface area contributed by atoms with Crippen LogP contribution in [0.2, 0.25) is 0 Å². The van der Waals surface area contributed by atoms with Crippen molar-refractivity contribution in [2.45, 2.75) is 22.0 Å². The molecular formula is C10H16N4O2S3. The predicted octanol–water partition coefficient (Wildman–Crippen LogP) is 0.995. The maximum atomic E-state index is 11.5. The van der Waals surface area contributed by atoms with Gasteiger partial charge < -0.3 is 10.6 Å². The molecule has 19 heavy (non-hydrogen) atoms. The van der Waals surface area contributed by atoms with Crippen LogP contribution in [0.3, 0.4) is 0 Å². The molecule has 2 N–H and O–H groups in total. The number of nitrogens with zero attached hydrogens (tertiary/aromatic N) is 2. The first-order chi connectivity index (χ1) is 9.15. The van der Waals surface area contributed by atoms with Crippen LogP contribution in [0.5, 0.6) is 0 Å². The Morgan fingerprint density at radius 1 is 1.21 bits per heavy atom. The summed E-state index contributed by atoms with van der Waals surface area (Å²) in [5, 5.41) is 13.0. The second-order valence-corrected chi connectivity index (χ2v) is 6.96. The third-order valence-electron chi connectivity index (χ3n) is 1.87. The van der Waals surface area contributed by atoms with Crippen LogP contribution in [0.15, 0.2) is 8.68 Å². The van der Waals surface area contributed by atoms with E-state index in [1.54, 1.807) is 11.8 Å². The van der Waals surface area contributed by atoms with Gasteiger partial charge in [-0.05, 0) is 6.42 Å². The monoisotopic (exact) mass is 320 g/mol. The van der Waals surface area contributed by atoms with Gasteiger partial charge in [0.25, 0.3) is 0 Å². The molecule has 0 aliphatic heterocycles. The zero-order valence-corrected chi connectivity index (χ0v) is 13.2. The molecule has 0 radical (unpaired) electrons. The maximum Gasteiger partial charge on any atom is 0.239 e. The van der Waals surface area contributed by atoms with Crippen molar-refractivity contribution >= 4 is 46.7 Å². The van der Waals surface area contributed by atoms with Crippen LogP contribution in [-0.2, 0) is 9.59 Å². The van der Waals surface area contributed by atoms with Crippen molar-refractivity contribution in [3.8, 4) is 0 Å². The Kier molecular flexibility index (Phi) is 7.84. The van der Waals surface area contributed by atoms with Crippen LogP contribution in [0.25, 0.3) is 0 Å². The summed E-state index contributed by atoms with van der Waals surface area (Å²) in [7, 11) is 1.53. The molecule has 2 amide bonds. The van der Waals surface area contributed by atoms with Crippen LogP contribution < -0.4 is 10.6 Å². The van der Waals surface area contributed by atoms with Crippen molar-refractivity contribution in [1.82, 2.24) is 20.8 Å². The minimum absolute atomic E-state index is 0.00359. The highest BCUT2D eigenvalue weighted by atomic mass is 32.2. The molecule has 106 valence electrons. The fraction of sp³-hybridized carbons (Fsp3) is 0.600. The van der Waals surface area contributed by atoms with Crippen LogP contribution in [-0.4, -0.2) is 47.1 Å². The topological polar surface area (TPSA) is 84.0 Å². The zero-order chi connectivity index (χ0) is 14.1. The Bertz CT molecular complexity index is 425. The average molecular weight is 320 g/mol. The van der Waals surface area contributed by atoms with E-state index in [9.17, 15) is 9.59 Å². The number of hydrogen-bond acceptors (Lipinski definition) is 7. The van der Waals surface area contributed by atoms with Crippen molar-refractivity contribution in [3.63, 3.8) is 0 Å². The number of amides is 2. The van der Waals surface area contributed by atoms with Gasteiger partial charge in [0.15, 0.2) is 8.68 Å². The summed E-state index contributed by atoms with van der Waals surface area (Å²) in [5.41, 5.74) is 0. The fourth-order valence-electron chi connectivity index (χ4n) is 0.949. The Morgan fingerprint density at radius 3 is 2.53 bits per heavy atom. The van der Waals surface area contributed by atoms with E-state index in [2.05, 4.69) is 27.8 Å². The summed E-state index contributed by atoms with van der Waals surface area (Å²) < 4.78 is 1.70. The van der Waals surface area contributed by atoms with Gasteiger partial charge in [0.05, 0.1) is 12.3 Å². The van der Waals surface area contributed by atoms with E-state index in [1.165, 1.54) is 30.1 Å². The van der Waals surface area contributed by atoms with E-state index < -0.39 is 0 Å². The molecule has 0 aliphatic carbocycles. The molecule has 0 aliphatic rings. The first kappa shape index (κ1) is 16.3. The Labute approximate surface area is 124 Å². The number of carbonyl (C=O) groups excluding carboxylic acids is 2. The molecule has 0 spiro atoms. The van der Waals surface area contributed by atoms with Crippen LogP contribution in [0.1, 0.15) is 13.3 Å². The maximum absolute atomic E-state index is 11.5. The molecule has 1 heterocycles. The van der Waals surface area contributed by atoms with Gasteiger partial charge in [-0.15, -0.1) is 10.2 Å². The van der Waals surface area contributed by atoms with E-state index in [1.807, 2.05) is 0 Å². The highest BCUT2D eigenvalue weighted by Crippen LogP contribution is 2.28. The quantitative estimate of drug-likeness (QED) is 0.695. The van der Waals surface area contributed by atoms with E-state index in [-0.39, 0.29) is 24.1 Å². The van der Waals surface area contributed by atoms with Crippen molar-refractivity contribution in [2.24, 2.45) is 0 Å². The SMILES string of the molecule is CCCSc1nnc(SCC(=O)NCC(=O)NC)s1. The van der Waals surface area contributed by atoms with Gasteiger partial charge in [-0.2, -0.15) is 0 Å². The molecule has 0 saturated heterocycles. The van der Waals surface area contributed by atoms with E-state index in [0.29, 0.717) is 0 Å². The largest absolute Gasteiger partial charge is 0.358 e. The molecular weight excluding hydrogens is 304 g/mol. The molecule has 0 atom stereocenters. The van der Waals surface area contributed by atoms with E-state index in [4.69, 9.17) is 0 Å². The van der Waals surface area contributed by atoms with Crippen molar-refractivity contribution in [2.75, 3.05) is 25.1 Å². The molecule has 0 bridgehead atoms. The highest BCUT2D eigenvalue weighted by molar-refractivity contribution is 8.03. The van der Waals surface area contributed by atoms with Crippen molar-refractivity contribution in [1.29, 1.82) is 0 Å². The lowest BCUT2D eigenvalue weighted by Gasteiger charge is -2.02. The predicted molar refractivity (Wildman–Crippen MR) is 78.7 cm³/mol. The molecule has 9 heteroatoms. The van der Waals surface area contributed by atoms with Crippen molar-refractivity contribution in [3.05, 3.63) is 0 Å². The zero-order valence-electron chi connectivity index (χ0n) is 10.8. The van der Waals surface area contributed by atoms with Crippen LogP contribution in [0, 0.1) is 0 Å². The van der Waals surface area contributed by atoms with Crippen LogP contribution in [0.4, 0.5) is 0 Å². The summed E-state index contributed by atoms with van der Waals surface area (Å²) in [5.74, 6) is 0.856. The second-order valence-electron chi connectivity index (χ2n) is 3.42. The smallest absolute Gasteiger partial charge is 0.239 e. The van der Waals surface area contributed by atoms with Gasteiger partial charge in [-0.1, -0.05) is 41.8 Å². The standard InChI is InChI=1S/C10H16N4O2S3/c1-3-4-17-9-13-14-10(19-9)18-6-8(16)12-5-7(15)11-2/h3-6H2,1-2H3,(H,11,15)(H,12,16). The van der Waals surface area contributed by atoms with Gasteiger partial charge in [0.2, 0.25) is 11.8 Å². The number of carbonyl (C=O) groups is 2. The number of hydrogen-bond donors (Lipinski definition) is 2. The molecule has 0 fully saturated rings. The van der Waals surface area contributed by atoms with Crippen LogP contribution >= 0.6 is 34.9 Å². The lowest BCUT2D eigenvalue weighted by molar-refractivity contribution is -0.124. The molecule has 1 aromatic rings. The Morgan fingerprint density at radius 2 is 1.89 bits per heavy atom. The number of thioether (sulfide) groups is 2. The lowest BCUT2D eigenvalue weighted by atomic mass is 10.5.